The fraction of sp³-hybridized carbons (Fsp3) is 0.583. The monoisotopic (exact) mass is 302 g/mol. The van der Waals surface area contributed by atoms with Crippen LogP contribution in [0.25, 0.3) is 0 Å². The molecule has 1 aromatic rings. The molecule has 1 aliphatic rings. The second kappa shape index (κ2) is 6.91. The molecule has 1 aliphatic carbocycles. The molecule has 1 fully saturated rings. The van der Waals surface area contributed by atoms with Crippen molar-refractivity contribution in [3.8, 4) is 0 Å². The van der Waals surface area contributed by atoms with Crippen LogP contribution in [0.15, 0.2) is 6.20 Å². The maximum Gasteiger partial charge on any atom is 0.224 e. The summed E-state index contributed by atoms with van der Waals surface area (Å²) in [6, 6.07) is 0. The SMILES string of the molecule is O=C(NCCCNc1nc(Cl)ncc1Cl)C1CCC1. The fourth-order valence-electron chi connectivity index (χ4n) is 1.79. The van der Waals surface area contributed by atoms with Gasteiger partial charge < -0.3 is 10.6 Å². The van der Waals surface area contributed by atoms with E-state index in [1.807, 2.05) is 0 Å². The van der Waals surface area contributed by atoms with Gasteiger partial charge in [-0.05, 0) is 30.9 Å². The molecule has 0 aromatic carbocycles. The number of anilines is 1. The van der Waals surface area contributed by atoms with Crippen LogP contribution in [-0.2, 0) is 4.79 Å². The molecule has 0 saturated heterocycles. The summed E-state index contributed by atoms with van der Waals surface area (Å²) in [7, 11) is 0. The van der Waals surface area contributed by atoms with E-state index in [-0.39, 0.29) is 17.1 Å². The molecule has 2 N–H and O–H groups in total. The van der Waals surface area contributed by atoms with Crippen LogP contribution in [0.2, 0.25) is 10.3 Å². The molecule has 1 amide bonds. The Kier molecular flexibility index (Phi) is 5.22. The summed E-state index contributed by atoms with van der Waals surface area (Å²) < 4.78 is 0. The van der Waals surface area contributed by atoms with Crippen molar-refractivity contribution < 1.29 is 4.79 Å². The largest absolute Gasteiger partial charge is 0.369 e. The second-order valence-corrected chi connectivity index (χ2v) is 5.28. The van der Waals surface area contributed by atoms with Gasteiger partial charge in [0.25, 0.3) is 0 Å². The van der Waals surface area contributed by atoms with Gasteiger partial charge in [-0.15, -0.1) is 0 Å². The first-order valence-corrected chi connectivity index (χ1v) is 7.12. The van der Waals surface area contributed by atoms with Crippen molar-refractivity contribution in [3.63, 3.8) is 0 Å². The molecule has 0 bridgehead atoms. The van der Waals surface area contributed by atoms with Gasteiger partial charge >= 0.3 is 0 Å². The molecule has 1 saturated carbocycles. The van der Waals surface area contributed by atoms with Crippen molar-refractivity contribution in [2.45, 2.75) is 25.7 Å². The molecule has 7 heteroatoms. The molecule has 0 unspecified atom stereocenters. The quantitative estimate of drug-likeness (QED) is 0.626. The van der Waals surface area contributed by atoms with Gasteiger partial charge in [0.05, 0.1) is 6.20 Å². The molecule has 1 aromatic heterocycles. The highest BCUT2D eigenvalue weighted by Crippen LogP contribution is 2.26. The zero-order valence-electron chi connectivity index (χ0n) is 10.5. The van der Waals surface area contributed by atoms with Crippen molar-refractivity contribution in [2.75, 3.05) is 18.4 Å². The molecule has 104 valence electrons. The van der Waals surface area contributed by atoms with Crippen LogP contribution in [0.3, 0.4) is 0 Å². The zero-order valence-corrected chi connectivity index (χ0v) is 12.0. The first-order valence-electron chi connectivity index (χ1n) is 6.36. The Bertz CT molecular complexity index is 451. The van der Waals surface area contributed by atoms with Crippen LogP contribution in [0, 0.1) is 5.92 Å². The Morgan fingerprint density at radius 1 is 1.37 bits per heavy atom. The molecular weight excluding hydrogens is 287 g/mol. The lowest BCUT2D eigenvalue weighted by Crippen LogP contribution is -2.35. The summed E-state index contributed by atoms with van der Waals surface area (Å²) in [5.41, 5.74) is 0. The molecule has 2 rings (SSSR count). The van der Waals surface area contributed by atoms with Crippen molar-refractivity contribution >= 4 is 34.9 Å². The summed E-state index contributed by atoms with van der Waals surface area (Å²) in [6.45, 7) is 1.32. The van der Waals surface area contributed by atoms with Crippen molar-refractivity contribution in [1.82, 2.24) is 15.3 Å². The summed E-state index contributed by atoms with van der Waals surface area (Å²) in [6.07, 6.45) is 5.48. The van der Waals surface area contributed by atoms with Gasteiger partial charge in [-0.3, -0.25) is 4.79 Å². The minimum atomic E-state index is 0.158. The molecule has 1 heterocycles. The van der Waals surface area contributed by atoms with Gasteiger partial charge in [0.1, 0.15) is 10.8 Å². The minimum Gasteiger partial charge on any atom is -0.369 e. The second-order valence-electron chi connectivity index (χ2n) is 4.53. The van der Waals surface area contributed by atoms with E-state index >= 15 is 0 Å². The molecule has 19 heavy (non-hydrogen) atoms. The summed E-state index contributed by atoms with van der Waals surface area (Å²) in [5, 5.41) is 6.58. The van der Waals surface area contributed by atoms with Crippen LogP contribution in [-0.4, -0.2) is 29.0 Å². The predicted octanol–water partition coefficient (Wildman–Crippen LogP) is 2.50. The fourth-order valence-corrected chi connectivity index (χ4v) is 2.08. The van der Waals surface area contributed by atoms with Crippen LogP contribution in [0.5, 0.6) is 0 Å². The maximum atomic E-state index is 11.6. The van der Waals surface area contributed by atoms with E-state index in [2.05, 4.69) is 20.6 Å². The lowest BCUT2D eigenvalue weighted by Gasteiger charge is -2.24. The molecule has 0 radical (unpaired) electrons. The highest BCUT2D eigenvalue weighted by molar-refractivity contribution is 6.33. The topological polar surface area (TPSA) is 66.9 Å². The third kappa shape index (κ3) is 4.21. The van der Waals surface area contributed by atoms with E-state index in [9.17, 15) is 4.79 Å². The highest BCUT2D eigenvalue weighted by Gasteiger charge is 2.24. The van der Waals surface area contributed by atoms with Gasteiger partial charge in [-0.25, -0.2) is 4.98 Å². The number of carbonyl (C=O) groups excluding carboxylic acids is 1. The van der Waals surface area contributed by atoms with Gasteiger partial charge in [0, 0.05) is 19.0 Å². The van der Waals surface area contributed by atoms with Gasteiger partial charge in [-0.1, -0.05) is 18.0 Å². The average molecular weight is 303 g/mol. The van der Waals surface area contributed by atoms with Gasteiger partial charge in [0.2, 0.25) is 11.2 Å². The Morgan fingerprint density at radius 3 is 2.84 bits per heavy atom. The predicted molar refractivity (Wildman–Crippen MR) is 75.5 cm³/mol. The van der Waals surface area contributed by atoms with Gasteiger partial charge in [-0.2, -0.15) is 4.98 Å². The number of rotatable bonds is 6. The van der Waals surface area contributed by atoms with E-state index in [0.717, 1.165) is 19.3 Å². The molecular formula is C12H16Cl2N4O. The smallest absolute Gasteiger partial charge is 0.224 e. The molecule has 5 nitrogen and oxygen atoms in total. The lowest BCUT2D eigenvalue weighted by molar-refractivity contribution is -0.127. The Balaban J connectivity index is 1.63. The average Bonchev–Trinajstić information content (AvgIpc) is 2.31. The number of amides is 1. The van der Waals surface area contributed by atoms with E-state index in [1.165, 1.54) is 12.6 Å². The first kappa shape index (κ1) is 14.3. The molecule has 0 spiro atoms. The van der Waals surface area contributed by atoms with Crippen LogP contribution < -0.4 is 10.6 Å². The lowest BCUT2D eigenvalue weighted by atomic mass is 9.85. The van der Waals surface area contributed by atoms with Gasteiger partial charge in [0.15, 0.2) is 0 Å². The van der Waals surface area contributed by atoms with E-state index in [1.54, 1.807) is 0 Å². The van der Waals surface area contributed by atoms with Crippen LogP contribution >= 0.6 is 23.2 Å². The van der Waals surface area contributed by atoms with Crippen molar-refractivity contribution in [1.29, 1.82) is 0 Å². The van der Waals surface area contributed by atoms with E-state index in [4.69, 9.17) is 23.2 Å². The number of carbonyl (C=O) groups is 1. The highest BCUT2D eigenvalue weighted by atomic mass is 35.5. The number of hydrogen-bond donors (Lipinski definition) is 2. The van der Waals surface area contributed by atoms with Crippen molar-refractivity contribution in [2.24, 2.45) is 5.92 Å². The Morgan fingerprint density at radius 2 is 2.16 bits per heavy atom. The summed E-state index contributed by atoms with van der Waals surface area (Å²) in [4.78, 5) is 19.3. The number of nitrogens with zero attached hydrogens (tertiary/aromatic N) is 2. The Labute approximate surface area is 122 Å². The van der Waals surface area contributed by atoms with E-state index < -0.39 is 0 Å². The van der Waals surface area contributed by atoms with Crippen LogP contribution in [0.1, 0.15) is 25.7 Å². The number of hydrogen-bond acceptors (Lipinski definition) is 4. The zero-order chi connectivity index (χ0) is 13.7. The summed E-state index contributed by atoms with van der Waals surface area (Å²) in [5.74, 6) is 0.935. The third-order valence-corrected chi connectivity index (χ3v) is 3.59. The van der Waals surface area contributed by atoms with E-state index in [0.29, 0.717) is 23.9 Å². The maximum absolute atomic E-state index is 11.6. The first-order chi connectivity index (χ1) is 9.16. The number of nitrogens with one attached hydrogen (secondary N) is 2. The minimum absolute atomic E-state index is 0.158. The number of halogens is 2. The summed E-state index contributed by atoms with van der Waals surface area (Å²) >= 11 is 11.6. The molecule has 0 atom stereocenters. The third-order valence-electron chi connectivity index (χ3n) is 3.14. The standard InChI is InChI=1S/C12H16Cl2N4O/c13-9-7-17-12(14)18-10(9)15-5-2-6-16-11(19)8-3-1-4-8/h7-8H,1-6H2,(H,16,19)(H,15,17,18). The Hall–Kier alpha value is -1.07. The normalized spacial score (nSPS) is 14.8. The van der Waals surface area contributed by atoms with Crippen molar-refractivity contribution in [3.05, 3.63) is 16.5 Å². The van der Waals surface area contributed by atoms with Crippen LogP contribution in [0.4, 0.5) is 5.82 Å². The molecule has 0 aliphatic heterocycles. The number of aromatic nitrogens is 2.